The Morgan fingerprint density at radius 3 is 2.72 bits per heavy atom. The summed E-state index contributed by atoms with van der Waals surface area (Å²) in [6.07, 6.45) is 6.70. The molecular formula is C28H32N6O5. The number of rotatable bonds is 11. The number of nitrogen functional groups attached to an aromatic ring is 2. The molecule has 0 aliphatic carbocycles. The fourth-order valence-corrected chi connectivity index (χ4v) is 4.49. The molecule has 1 aromatic heterocycles. The lowest BCUT2D eigenvalue weighted by molar-refractivity contribution is 0.0791. The predicted octanol–water partition coefficient (Wildman–Crippen LogP) is 2.47. The number of hydrogen-bond acceptors (Lipinski definition) is 11. The van der Waals surface area contributed by atoms with E-state index in [1.807, 2.05) is 24.3 Å². The zero-order valence-electron chi connectivity index (χ0n) is 21.8. The van der Waals surface area contributed by atoms with Gasteiger partial charge in [-0.3, -0.25) is 9.80 Å². The molecule has 2 heterocycles. The van der Waals surface area contributed by atoms with Crippen LogP contribution in [0.2, 0.25) is 0 Å². The third-order valence-electron chi connectivity index (χ3n) is 6.48. The van der Waals surface area contributed by atoms with Gasteiger partial charge in [0.2, 0.25) is 5.95 Å². The zero-order chi connectivity index (χ0) is 27.9. The number of allylic oxidation sites excluding steroid dienone is 1. The van der Waals surface area contributed by atoms with E-state index in [4.69, 9.17) is 20.9 Å². The molecule has 1 aliphatic rings. The van der Waals surface area contributed by atoms with Gasteiger partial charge in [-0.2, -0.15) is 10.1 Å². The van der Waals surface area contributed by atoms with Crippen LogP contribution in [0.3, 0.4) is 0 Å². The van der Waals surface area contributed by atoms with Crippen LogP contribution in [-0.4, -0.2) is 64.1 Å². The predicted molar refractivity (Wildman–Crippen MR) is 148 cm³/mol. The molecule has 0 bridgehead atoms. The molecule has 6 N–H and O–H groups in total. The quantitative estimate of drug-likeness (QED) is 0.212. The Morgan fingerprint density at radius 2 is 2.00 bits per heavy atom. The molecule has 11 nitrogen and oxygen atoms in total. The first-order valence-electron chi connectivity index (χ1n) is 12.4. The van der Waals surface area contributed by atoms with Crippen LogP contribution in [0.15, 0.2) is 60.0 Å². The number of aliphatic hydroxyl groups excluding tert-OH is 2. The number of hydrazone groups is 1. The smallest absolute Gasteiger partial charge is 0.221 e. The summed E-state index contributed by atoms with van der Waals surface area (Å²) in [6, 6.07) is 11.1. The van der Waals surface area contributed by atoms with E-state index in [1.54, 1.807) is 35.8 Å². The number of nitrogens with two attached hydrogens (primary N) is 2. The van der Waals surface area contributed by atoms with Crippen molar-refractivity contribution in [2.45, 2.75) is 31.4 Å². The van der Waals surface area contributed by atoms with Gasteiger partial charge in [0.15, 0.2) is 17.3 Å². The van der Waals surface area contributed by atoms with Crippen LogP contribution in [0.5, 0.6) is 11.5 Å². The van der Waals surface area contributed by atoms with E-state index < -0.39 is 6.10 Å². The third-order valence-corrected chi connectivity index (χ3v) is 6.48. The molecule has 204 valence electrons. The summed E-state index contributed by atoms with van der Waals surface area (Å²) >= 11 is 0. The minimum Gasteiger partial charge on any atom is -0.493 e. The van der Waals surface area contributed by atoms with Crippen LogP contribution in [0.1, 0.15) is 51.5 Å². The number of ketones is 1. The van der Waals surface area contributed by atoms with Crippen LogP contribution < -0.4 is 20.9 Å². The Morgan fingerprint density at radius 1 is 1.21 bits per heavy atom. The van der Waals surface area contributed by atoms with Crippen molar-refractivity contribution in [1.82, 2.24) is 15.0 Å². The van der Waals surface area contributed by atoms with Crippen molar-refractivity contribution in [3.8, 4) is 11.5 Å². The number of methoxy groups -OCH3 is 2. The monoisotopic (exact) mass is 532 g/mol. The number of benzene rings is 2. The Hall–Kier alpha value is -4.48. The topological polar surface area (TPSA) is 169 Å². The fraction of sp³-hybridized carbons (Fsp3) is 0.286. The molecule has 11 heteroatoms. The largest absolute Gasteiger partial charge is 0.493 e. The molecule has 0 fully saturated rings. The van der Waals surface area contributed by atoms with Crippen molar-refractivity contribution in [2.24, 2.45) is 5.10 Å². The number of anilines is 2. The number of fused-ring (bicyclic) bond motifs is 1. The van der Waals surface area contributed by atoms with E-state index in [2.05, 4.69) is 15.1 Å². The van der Waals surface area contributed by atoms with Crippen LogP contribution in [0.4, 0.5) is 11.8 Å². The average Bonchev–Trinajstić information content (AvgIpc) is 2.95. The molecule has 1 aliphatic heterocycles. The van der Waals surface area contributed by atoms with Gasteiger partial charge in [-0.05, 0) is 41.7 Å². The number of carbonyl (C=O) groups excluding carboxylic acids is 1. The number of ether oxygens (including phenoxy) is 2. The Kier molecular flexibility index (Phi) is 8.74. The minimum atomic E-state index is -0.838. The SMILES string of the molecule is COc1cc(Cc2cnc(N)nc2N)cc(C(=O)C=CN2N=Cc3ccccc3C2CCC(O)CO)c1OC. The number of aliphatic hydroxyl groups is 2. The highest BCUT2D eigenvalue weighted by Gasteiger charge is 2.25. The summed E-state index contributed by atoms with van der Waals surface area (Å²) < 4.78 is 11.0. The van der Waals surface area contributed by atoms with Crippen LogP contribution >= 0.6 is 0 Å². The van der Waals surface area contributed by atoms with Crippen LogP contribution in [0, 0.1) is 0 Å². The highest BCUT2D eigenvalue weighted by Crippen LogP contribution is 2.35. The molecule has 3 aromatic rings. The van der Waals surface area contributed by atoms with Crippen molar-refractivity contribution in [3.05, 3.63) is 82.7 Å². The number of aromatic nitrogens is 2. The first kappa shape index (κ1) is 27.6. The van der Waals surface area contributed by atoms with E-state index in [9.17, 15) is 15.0 Å². The second kappa shape index (κ2) is 12.4. The molecule has 0 saturated carbocycles. The summed E-state index contributed by atoms with van der Waals surface area (Å²) in [5.74, 6) is 0.703. The molecule has 0 saturated heterocycles. The van der Waals surface area contributed by atoms with E-state index in [1.165, 1.54) is 20.3 Å². The molecule has 2 aromatic carbocycles. The van der Waals surface area contributed by atoms with E-state index in [-0.39, 0.29) is 30.2 Å². The van der Waals surface area contributed by atoms with E-state index >= 15 is 0 Å². The van der Waals surface area contributed by atoms with Crippen LogP contribution in [-0.2, 0) is 6.42 Å². The van der Waals surface area contributed by atoms with Gasteiger partial charge in [-0.25, -0.2) is 4.98 Å². The zero-order valence-corrected chi connectivity index (χ0v) is 21.8. The Bertz CT molecular complexity index is 1390. The van der Waals surface area contributed by atoms with Gasteiger partial charge in [0.05, 0.1) is 44.8 Å². The summed E-state index contributed by atoms with van der Waals surface area (Å²) in [5, 5.41) is 25.4. The Labute approximate surface area is 226 Å². The number of nitrogens with zero attached hydrogens (tertiary/aromatic N) is 4. The van der Waals surface area contributed by atoms with Gasteiger partial charge in [0, 0.05) is 30.5 Å². The Balaban J connectivity index is 1.63. The highest BCUT2D eigenvalue weighted by molar-refractivity contribution is 6.07. The molecule has 0 radical (unpaired) electrons. The average molecular weight is 533 g/mol. The van der Waals surface area contributed by atoms with Crippen LogP contribution in [0.25, 0.3) is 0 Å². The van der Waals surface area contributed by atoms with Crippen molar-refractivity contribution in [2.75, 3.05) is 32.3 Å². The third kappa shape index (κ3) is 6.33. The standard InChI is InChI=1S/C28H32N6O5/c1-38-25-13-17(11-19-14-31-28(30)33-27(19)29)12-22(26(25)39-2)24(37)9-10-34-23(8-7-20(36)16-35)21-6-4-3-5-18(21)15-32-34/h3-6,9-10,12-15,20,23,35-36H,7-8,11,16H2,1-2H3,(H4,29,30,31,33). The van der Waals surface area contributed by atoms with Crippen molar-refractivity contribution in [3.63, 3.8) is 0 Å². The van der Waals surface area contributed by atoms with Gasteiger partial charge < -0.3 is 31.2 Å². The fourth-order valence-electron chi connectivity index (χ4n) is 4.49. The summed E-state index contributed by atoms with van der Waals surface area (Å²) in [7, 11) is 2.97. The normalized spacial score (nSPS) is 15.3. The molecule has 0 amide bonds. The van der Waals surface area contributed by atoms with Crippen molar-refractivity contribution >= 4 is 23.8 Å². The van der Waals surface area contributed by atoms with Gasteiger partial charge >= 0.3 is 0 Å². The maximum Gasteiger partial charge on any atom is 0.221 e. The van der Waals surface area contributed by atoms with Crippen molar-refractivity contribution < 1.29 is 24.5 Å². The summed E-state index contributed by atoms with van der Waals surface area (Å²) in [4.78, 5) is 21.5. The van der Waals surface area contributed by atoms with E-state index in [0.29, 0.717) is 41.9 Å². The van der Waals surface area contributed by atoms with Gasteiger partial charge in [0.25, 0.3) is 0 Å². The lowest BCUT2D eigenvalue weighted by Gasteiger charge is -2.31. The van der Waals surface area contributed by atoms with E-state index in [0.717, 1.165) is 16.7 Å². The molecule has 2 unspecified atom stereocenters. The lowest BCUT2D eigenvalue weighted by atomic mass is 9.94. The first-order valence-corrected chi connectivity index (χ1v) is 12.4. The minimum absolute atomic E-state index is 0.0803. The van der Waals surface area contributed by atoms with Crippen molar-refractivity contribution in [1.29, 1.82) is 0 Å². The second-order valence-corrected chi connectivity index (χ2v) is 9.06. The molecular weight excluding hydrogens is 500 g/mol. The summed E-state index contributed by atoms with van der Waals surface area (Å²) in [5.41, 5.74) is 15.3. The molecule has 0 spiro atoms. The maximum absolute atomic E-state index is 13.5. The number of hydrogen-bond donors (Lipinski definition) is 4. The first-order chi connectivity index (χ1) is 18.8. The molecule has 4 rings (SSSR count). The second-order valence-electron chi connectivity index (χ2n) is 9.06. The van der Waals surface area contributed by atoms with Gasteiger partial charge in [0.1, 0.15) is 5.82 Å². The molecule has 2 atom stereocenters. The lowest BCUT2D eigenvalue weighted by Crippen LogP contribution is -2.25. The molecule has 39 heavy (non-hydrogen) atoms. The maximum atomic E-state index is 13.5. The summed E-state index contributed by atoms with van der Waals surface area (Å²) in [6.45, 7) is -0.321. The number of carbonyl (C=O) groups is 1. The highest BCUT2D eigenvalue weighted by atomic mass is 16.5. The van der Waals surface area contributed by atoms with Gasteiger partial charge in [-0.1, -0.05) is 24.3 Å². The van der Waals surface area contributed by atoms with Gasteiger partial charge in [-0.15, -0.1) is 0 Å².